The van der Waals surface area contributed by atoms with Gasteiger partial charge in [-0.15, -0.1) is 0 Å². The first-order valence-electron chi connectivity index (χ1n) is 5.54. The molecule has 1 fully saturated rings. The second kappa shape index (κ2) is 3.52. The Balaban J connectivity index is 2.26. The fourth-order valence-corrected chi connectivity index (χ4v) is 2.16. The van der Waals surface area contributed by atoms with Crippen LogP contribution >= 0.6 is 0 Å². The third-order valence-corrected chi connectivity index (χ3v) is 3.12. The highest BCUT2D eigenvalue weighted by molar-refractivity contribution is 5.96. The first kappa shape index (κ1) is 10.2. The lowest BCUT2D eigenvalue weighted by atomic mass is 10.1. The van der Waals surface area contributed by atoms with Gasteiger partial charge in [0.05, 0.1) is 7.11 Å². The number of rotatable bonds is 3. The SMILES string of the molecule is COc1ccc2c(C3CC3)c(C(=O)O)oc2c1. The van der Waals surface area contributed by atoms with Gasteiger partial charge in [0.25, 0.3) is 0 Å². The van der Waals surface area contributed by atoms with E-state index in [1.807, 2.05) is 12.1 Å². The molecule has 3 rings (SSSR count). The Kier molecular flexibility index (Phi) is 2.11. The van der Waals surface area contributed by atoms with Crippen molar-refractivity contribution < 1.29 is 19.1 Å². The summed E-state index contributed by atoms with van der Waals surface area (Å²) in [5.41, 5.74) is 1.43. The quantitative estimate of drug-likeness (QED) is 0.883. The zero-order valence-electron chi connectivity index (χ0n) is 9.40. The molecule has 1 aliphatic rings. The van der Waals surface area contributed by atoms with E-state index in [4.69, 9.17) is 14.3 Å². The molecule has 1 aliphatic carbocycles. The van der Waals surface area contributed by atoms with Crippen LogP contribution in [0.3, 0.4) is 0 Å². The van der Waals surface area contributed by atoms with Crippen LogP contribution in [-0.4, -0.2) is 18.2 Å². The van der Waals surface area contributed by atoms with E-state index in [0.29, 0.717) is 17.3 Å². The topological polar surface area (TPSA) is 59.7 Å². The molecule has 0 saturated heterocycles. The molecule has 2 aromatic rings. The Hall–Kier alpha value is -1.97. The lowest BCUT2D eigenvalue weighted by Crippen LogP contribution is -1.97. The van der Waals surface area contributed by atoms with E-state index in [-0.39, 0.29) is 5.76 Å². The average molecular weight is 232 g/mol. The molecule has 1 saturated carbocycles. The van der Waals surface area contributed by atoms with E-state index in [2.05, 4.69) is 0 Å². The summed E-state index contributed by atoms with van der Waals surface area (Å²) in [4.78, 5) is 11.2. The Bertz CT molecular complexity index is 593. The molecule has 1 aromatic carbocycles. The van der Waals surface area contributed by atoms with Crippen LogP contribution in [0, 0.1) is 0 Å². The van der Waals surface area contributed by atoms with Crippen molar-refractivity contribution in [3.8, 4) is 5.75 Å². The van der Waals surface area contributed by atoms with Crippen molar-refractivity contribution in [1.82, 2.24) is 0 Å². The van der Waals surface area contributed by atoms with Crippen molar-refractivity contribution >= 4 is 16.9 Å². The molecular weight excluding hydrogens is 220 g/mol. The van der Waals surface area contributed by atoms with Gasteiger partial charge in [-0.25, -0.2) is 4.79 Å². The molecule has 0 bridgehead atoms. The maximum absolute atomic E-state index is 11.2. The second-order valence-corrected chi connectivity index (χ2v) is 4.29. The minimum atomic E-state index is -0.998. The second-order valence-electron chi connectivity index (χ2n) is 4.29. The molecule has 4 nitrogen and oxygen atoms in total. The van der Waals surface area contributed by atoms with E-state index in [1.165, 1.54) is 0 Å². The molecular formula is C13H12O4. The number of aromatic carboxylic acids is 1. The number of carboxylic acid groups (broad SMARTS) is 1. The number of ether oxygens (including phenoxy) is 1. The normalized spacial score (nSPS) is 15.1. The van der Waals surface area contributed by atoms with Crippen LogP contribution in [0.1, 0.15) is 34.9 Å². The van der Waals surface area contributed by atoms with Crippen molar-refractivity contribution in [3.05, 3.63) is 29.5 Å². The third-order valence-electron chi connectivity index (χ3n) is 3.12. The van der Waals surface area contributed by atoms with Crippen LogP contribution in [0.4, 0.5) is 0 Å². The summed E-state index contributed by atoms with van der Waals surface area (Å²) in [6, 6.07) is 5.43. The highest BCUT2D eigenvalue weighted by Gasteiger charge is 2.33. The summed E-state index contributed by atoms with van der Waals surface area (Å²) in [5, 5.41) is 10.0. The van der Waals surface area contributed by atoms with E-state index in [9.17, 15) is 4.79 Å². The monoisotopic (exact) mass is 232 g/mol. The number of benzene rings is 1. The highest BCUT2D eigenvalue weighted by Crippen LogP contribution is 2.46. The van der Waals surface area contributed by atoms with Gasteiger partial charge in [0.15, 0.2) is 0 Å². The fraction of sp³-hybridized carbons (Fsp3) is 0.308. The Morgan fingerprint density at radius 3 is 2.82 bits per heavy atom. The van der Waals surface area contributed by atoms with Gasteiger partial charge in [0.2, 0.25) is 5.76 Å². The predicted molar refractivity (Wildman–Crippen MR) is 61.7 cm³/mol. The van der Waals surface area contributed by atoms with Gasteiger partial charge in [-0.2, -0.15) is 0 Å². The van der Waals surface area contributed by atoms with E-state index in [0.717, 1.165) is 23.8 Å². The van der Waals surface area contributed by atoms with Gasteiger partial charge >= 0.3 is 5.97 Å². The molecule has 0 atom stereocenters. The minimum absolute atomic E-state index is 0.0794. The number of fused-ring (bicyclic) bond motifs is 1. The number of methoxy groups -OCH3 is 1. The lowest BCUT2D eigenvalue weighted by Gasteiger charge is -1.98. The molecule has 0 aliphatic heterocycles. The van der Waals surface area contributed by atoms with Gasteiger partial charge in [-0.3, -0.25) is 0 Å². The molecule has 1 heterocycles. The van der Waals surface area contributed by atoms with Crippen molar-refractivity contribution in [2.24, 2.45) is 0 Å². The number of furan rings is 1. The smallest absolute Gasteiger partial charge is 0.372 e. The third kappa shape index (κ3) is 1.56. The molecule has 0 spiro atoms. The van der Waals surface area contributed by atoms with Crippen molar-refractivity contribution in [2.45, 2.75) is 18.8 Å². The van der Waals surface area contributed by atoms with Crippen molar-refractivity contribution in [2.75, 3.05) is 7.11 Å². The molecule has 17 heavy (non-hydrogen) atoms. The maximum Gasteiger partial charge on any atom is 0.372 e. The van der Waals surface area contributed by atoms with Gasteiger partial charge < -0.3 is 14.3 Å². The summed E-state index contributed by atoms with van der Waals surface area (Å²) in [6.45, 7) is 0. The Labute approximate surface area is 97.8 Å². The summed E-state index contributed by atoms with van der Waals surface area (Å²) in [5.74, 6) is 0.0964. The van der Waals surface area contributed by atoms with Crippen molar-refractivity contribution in [1.29, 1.82) is 0 Å². The standard InChI is InChI=1S/C13H12O4/c1-16-8-4-5-9-10(6-8)17-12(13(14)15)11(9)7-2-3-7/h4-7H,2-3H2,1H3,(H,14,15). The summed E-state index contributed by atoms with van der Waals surface area (Å²) in [7, 11) is 1.57. The minimum Gasteiger partial charge on any atom is -0.497 e. The van der Waals surface area contributed by atoms with E-state index in [1.54, 1.807) is 13.2 Å². The zero-order chi connectivity index (χ0) is 12.0. The molecule has 0 unspecified atom stereocenters. The predicted octanol–water partition coefficient (Wildman–Crippen LogP) is 3.02. The average Bonchev–Trinajstić information content (AvgIpc) is 3.08. The highest BCUT2D eigenvalue weighted by atomic mass is 16.5. The molecule has 0 radical (unpaired) electrons. The molecule has 0 amide bonds. The van der Waals surface area contributed by atoms with Gasteiger partial charge in [-0.05, 0) is 30.9 Å². The maximum atomic E-state index is 11.2. The van der Waals surface area contributed by atoms with Crippen LogP contribution in [0.25, 0.3) is 11.0 Å². The Morgan fingerprint density at radius 2 is 2.24 bits per heavy atom. The van der Waals surface area contributed by atoms with E-state index < -0.39 is 5.97 Å². The zero-order valence-corrected chi connectivity index (χ0v) is 9.40. The number of hydrogen-bond donors (Lipinski definition) is 1. The summed E-state index contributed by atoms with van der Waals surface area (Å²) < 4.78 is 10.5. The van der Waals surface area contributed by atoms with Gasteiger partial charge in [0, 0.05) is 17.0 Å². The largest absolute Gasteiger partial charge is 0.497 e. The molecule has 4 heteroatoms. The van der Waals surface area contributed by atoms with Crippen LogP contribution < -0.4 is 4.74 Å². The number of carbonyl (C=O) groups is 1. The van der Waals surface area contributed by atoms with Crippen molar-refractivity contribution in [3.63, 3.8) is 0 Å². The van der Waals surface area contributed by atoms with Gasteiger partial charge in [0.1, 0.15) is 11.3 Å². The number of carboxylic acids is 1. The molecule has 1 N–H and O–H groups in total. The first-order valence-corrected chi connectivity index (χ1v) is 5.54. The van der Waals surface area contributed by atoms with Crippen LogP contribution in [-0.2, 0) is 0 Å². The molecule has 1 aromatic heterocycles. The van der Waals surface area contributed by atoms with Crippen LogP contribution in [0.5, 0.6) is 5.75 Å². The fourth-order valence-electron chi connectivity index (χ4n) is 2.16. The van der Waals surface area contributed by atoms with Crippen LogP contribution in [0.2, 0.25) is 0 Å². The summed E-state index contributed by atoms with van der Waals surface area (Å²) in [6.07, 6.45) is 2.09. The lowest BCUT2D eigenvalue weighted by molar-refractivity contribution is 0.0663. The molecule has 88 valence electrons. The Morgan fingerprint density at radius 1 is 1.47 bits per heavy atom. The summed E-state index contributed by atoms with van der Waals surface area (Å²) >= 11 is 0. The number of hydrogen-bond acceptors (Lipinski definition) is 3. The van der Waals surface area contributed by atoms with Gasteiger partial charge in [-0.1, -0.05) is 0 Å². The van der Waals surface area contributed by atoms with Crippen LogP contribution in [0.15, 0.2) is 22.6 Å². The first-order chi connectivity index (χ1) is 8.20. The van der Waals surface area contributed by atoms with E-state index >= 15 is 0 Å².